The van der Waals surface area contributed by atoms with Crippen LogP contribution in [0.3, 0.4) is 0 Å². The fraction of sp³-hybridized carbons (Fsp3) is 0.250. The number of carbonyl (C=O) groups is 2. The Labute approximate surface area is 147 Å². The maximum Gasteiger partial charge on any atom is 0.243 e. The van der Waals surface area contributed by atoms with Crippen LogP contribution in [0.15, 0.2) is 54.6 Å². The molecule has 0 aliphatic carbocycles. The van der Waals surface area contributed by atoms with E-state index in [4.69, 9.17) is 5.26 Å². The monoisotopic (exact) mass is 335 g/mol. The Morgan fingerprint density at radius 2 is 1.76 bits per heavy atom. The van der Waals surface area contributed by atoms with Crippen LogP contribution >= 0.6 is 0 Å². The highest BCUT2D eigenvalue weighted by molar-refractivity contribution is 5.94. The van der Waals surface area contributed by atoms with Crippen molar-refractivity contribution in [2.75, 3.05) is 18.4 Å². The zero-order chi connectivity index (χ0) is 18.1. The third-order valence-corrected chi connectivity index (χ3v) is 3.81. The van der Waals surface area contributed by atoms with E-state index >= 15 is 0 Å². The van der Waals surface area contributed by atoms with E-state index in [2.05, 4.69) is 17.4 Å². The normalized spacial score (nSPS) is 9.92. The van der Waals surface area contributed by atoms with E-state index in [0.717, 1.165) is 12.8 Å². The molecule has 0 unspecified atom stereocenters. The van der Waals surface area contributed by atoms with E-state index in [1.165, 1.54) is 12.5 Å². The lowest BCUT2D eigenvalue weighted by molar-refractivity contribution is -0.132. The van der Waals surface area contributed by atoms with Crippen molar-refractivity contribution in [1.29, 1.82) is 5.26 Å². The van der Waals surface area contributed by atoms with E-state index in [-0.39, 0.29) is 18.4 Å². The molecule has 2 aromatic rings. The molecular weight excluding hydrogens is 314 g/mol. The average molecular weight is 335 g/mol. The largest absolute Gasteiger partial charge is 0.334 e. The highest BCUT2D eigenvalue weighted by atomic mass is 16.2. The minimum Gasteiger partial charge on any atom is -0.334 e. The molecular formula is C20H21N3O2. The lowest BCUT2D eigenvalue weighted by atomic mass is 10.1. The van der Waals surface area contributed by atoms with Gasteiger partial charge in [0.2, 0.25) is 11.8 Å². The molecule has 25 heavy (non-hydrogen) atoms. The number of nitrogens with zero attached hydrogens (tertiary/aromatic N) is 2. The van der Waals surface area contributed by atoms with Gasteiger partial charge in [-0.15, -0.1) is 0 Å². The van der Waals surface area contributed by atoms with Crippen LogP contribution < -0.4 is 5.32 Å². The first-order valence-corrected chi connectivity index (χ1v) is 8.18. The molecule has 0 aromatic heterocycles. The van der Waals surface area contributed by atoms with E-state index in [1.807, 2.05) is 24.3 Å². The zero-order valence-corrected chi connectivity index (χ0v) is 14.2. The van der Waals surface area contributed by atoms with Crippen molar-refractivity contribution < 1.29 is 9.59 Å². The third kappa shape index (κ3) is 6.11. The Balaban J connectivity index is 1.84. The van der Waals surface area contributed by atoms with Crippen LogP contribution in [0, 0.1) is 11.3 Å². The van der Waals surface area contributed by atoms with Crippen LogP contribution in [-0.4, -0.2) is 29.8 Å². The Kier molecular flexibility index (Phi) is 6.73. The van der Waals surface area contributed by atoms with Gasteiger partial charge in [0.1, 0.15) is 0 Å². The van der Waals surface area contributed by atoms with Gasteiger partial charge in [0.25, 0.3) is 0 Å². The summed E-state index contributed by atoms with van der Waals surface area (Å²) in [4.78, 5) is 25.5. The topological polar surface area (TPSA) is 73.2 Å². The molecule has 0 spiro atoms. The number of benzene rings is 2. The molecule has 0 heterocycles. The number of hydrogen-bond acceptors (Lipinski definition) is 3. The van der Waals surface area contributed by atoms with Gasteiger partial charge in [-0.1, -0.05) is 30.3 Å². The predicted molar refractivity (Wildman–Crippen MR) is 96.8 cm³/mol. The molecule has 0 saturated heterocycles. The Morgan fingerprint density at radius 3 is 2.36 bits per heavy atom. The molecule has 5 nitrogen and oxygen atoms in total. The van der Waals surface area contributed by atoms with Crippen molar-refractivity contribution in [2.45, 2.75) is 19.8 Å². The van der Waals surface area contributed by atoms with E-state index < -0.39 is 0 Å². The van der Waals surface area contributed by atoms with Gasteiger partial charge in [-0.2, -0.15) is 5.26 Å². The second-order valence-electron chi connectivity index (χ2n) is 5.77. The first-order chi connectivity index (χ1) is 12.1. The number of nitrogens with one attached hydrogen (secondary N) is 1. The molecule has 128 valence electrons. The van der Waals surface area contributed by atoms with Crippen molar-refractivity contribution in [1.82, 2.24) is 4.90 Å². The third-order valence-electron chi connectivity index (χ3n) is 3.81. The Bertz CT molecular complexity index is 749. The Hall–Kier alpha value is -3.13. The molecule has 0 bridgehead atoms. The van der Waals surface area contributed by atoms with Crippen LogP contribution in [0.5, 0.6) is 0 Å². The molecule has 0 aliphatic heterocycles. The van der Waals surface area contributed by atoms with Crippen molar-refractivity contribution >= 4 is 17.5 Å². The number of hydrogen-bond donors (Lipinski definition) is 1. The van der Waals surface area contributed by atoms with Gasteiger partial charge in [-0.3, -0.25) is 9.59 Å². The second kappa shape index (κ2) is 9.24. The van der Waals surface area contributed by atoms with Crippen molar-refractivity contribution in [2.24, 2.45) is 0 Å². The SMILES string of the molecule is CC(=O)N(CCCc1ccccc1)CC(=O)Nc1ccc(C#N)cc1. The number of nitriles is 1. The summed E-state index contributed by atoms with van der Waals surface area (Å²) in [6, 6.07) is 18.7. The first-order valence-electron chi connectivity index (χ1n) is 8.18. The van der Waals surface area contributed by atoms with Gasteiger partial charge >= 0.3 is 0 Å². The molecule has 0 saturated carbocycles. The zero-order valence-electron chi connectivity index (χ0n) is 14.2. The molecule has 5 heteroatoms. The maximum atomic E-state index is 12.1. The number of amides is 2. The summed E-state index contributed by atoms with van der Waals surface area (Å²) >= 11 is 0. The first kappa shape index (κ1) is 18.2. The highest BCUT2D eigenvalue weighted by Gasteiger charge is 2.13. The number of rotatable bonds is 7. The fourth-order valence-electron chi connectivity index (χ4n) is 2.47. The molecule has 0 fully saturated rings. The lowest BCUT2D eigenvalue weighted by Gasteiger charge is -2.20. The molecule has 0 radical (unpaired) electrons. The molecule has 0 atom stereocenters. The van der Waals surface area contributed by atoms with Crippen LogP contribution in [-0.2, 0) is 16.0 Å². The van der Waals surface area contributed by atoms with Crippen molar-refractivity contribution in [3.8, 4) is 6.07 Å². The van der Waals surface area contributed by atoms with Crippen LogP contribution in [0.4, 0.5) is 5.69 Å². The number of anilines is 1. The van der Waals surface area contributed by atoms with Gasteiger partial charge in [0.05, 0.1) is 18.2 Å². The molecule has 0 aliphatic rings. The van der Waals surface area contributed by atoms with Crippen molar-refractivity contribution in [3.63, 3.8) is 0 Å². The highest BCUT2D eigenvalue weighted by Crippen LogP contribution is 2.09. The van der Waals surface area contributed by atoms with Crippen LogP contribution in [0.1, 0.15) is 24.5 Å². The summed E-state index contributed by atoms with van der Waals surface area (Å²) < 4.78 is 0. The smallest absolute Gasteiger partial charge is 0.243 e. The minimum absolute atomic E-state index is 0.0180. The van der Waals surface area contributed by atoms with Gasteiger partial charge in [0.15, 0.2) is 0 Å². The van der Waals surface area contributed by atoms with Gasteiger partial charge in [-0.05, 0) is 42.7 Å². The second-order valence-corrected chi connectivity index (χ2v) is 5.77. The Morgan fingerprint density at radius 1 is 1.08 bits per heavy atom. The molecule has 2 rings (SSSR count). The van der Waals surface area contributed by atoms with E-state index in [0.29, 0.717) is 17.8 Å². The number of carbonyl (C=O) groups excluding carboxylic acids is 2. The summed E-state index contributed by atoms with van der Waals surface area (Å²) in [5.74, 6) is -0.373. The molecule has 2 aromatic carbocycles. The standard InChI is InChI=1S/C20H21N3O2/c1-16(24)23(13-5-8-17-6-3-2-4-7-17)15-20(25)22-19-11-9-18(14-21)10-12-19/h2-4,6-7,9-12H,5,8,13,15H2,1H3,(H,22,25). The molecule has 2 amide bonds. The van der Waals surface area contributed by atoms with Gasteiger partial charge < -0.3 is 10.2 Å². The van der Waals surface area contributed by atoms with E-state index in [9.17, 15) is 9.59 Å². The fourth-order valence-corrected chi connectivity index (χ4v) is 2.47. The minimum atomic E-state index is -0.250. The van der Waals surface area contributed by atoms with Gasteiger partial charge in [0, 0.05) is 19.2 Å². The van der Waals surface area contributed by atoms with E-state index in [1.54, 1.807) is 29.2 Å². The number of aryl methyl sites for hydroxylation is 1. The quantitative estimate of drug-likeness (QED) is 0.845. The van der Waals surface area contributed by atoms with Crippen LogP contribution in [0.2, 0.25) is 0 Å². The predicted octanol–water partition coefficient (Wildman–Crippen LogP) is 2.98. The summed E-state index contributed by atoms with van der Waals surface area (Å²) in [5, 5.41) is 11.5. The lowest BCUT2D eigenvalue weighted by Crippen LogP contribution is -2.37. The molecule has 1 N–H and O–H groups in total. The van der Waals surface area contributed by atoms with Crippen molar-refractivity contribution in [3.05, 3.63) is 65.7 Å². The summed E-state index contributed by atoms with van der Waals surface area (Å²) in [7, 11) is 0. The summed E-state index contributed by atoms with van der Waals surface area (Å²) in [5.41, 5.74) is 2.36. The van der Waals surface area contributed by atoms with Crippen LogP contribution in [0.25, 0.3) is 0 Å². The average Bonchev–Trinajstić information content (AvgIpc) is 2.62. The summed E-state index contributed by atoms with van der Waals surface area (Å²) in [6.07, 6.45) is 1.66. The summed E-state index contributed by atoms with van der Waals surface area (Å²) in [6.45, 7) is 2.02. The van der Waals surface area contributed by atoms with Gasteiger partial charge in [-0.25, -0.2) is 0 Å². The maximum absolute atomic E-state index is 12.1.